The van der Waals surface area contributed by atoms with Crippen LogP contribution in [0.3, 0.4) is 0 Å². The number of nitrogens with zero attached hydrogens (tertiary/aromatic N) is 4. The summed E-state index contributed by atoms with van der Waals surface area (Å²) in [5, 5.41) is 7.78. The molecular weight excluding hydrogens is 741 g/mol. The normalized spacial score (nSPS) is 11.3. The van der Waals surface area contributed by atoms with E-state index in [1.54, 1.807) is 0 Å². The molecule has 0 saturated heterocycles. The van der Waals surface area contributed by atoms with Crippen LogP contribution in [0.25, 0.3) is 106 Å². The first-order valence-corrected chi connectivity index (χ1v) is 20.6. The van der Waals surface area contributed by atoms with Crippen molar-refractivity contribution in [1.82, 2.24) is 19.6 Å². The van der Waals surface area contributed by atoms with Gasteiger partial charge in [0, 0.05) is 38.8 Å². The lowest BCUT2D eigenvalue weighted by atomic mass is 9.92. The molecule has 8 aromatic carbocycles. The van der Waals surface area contributed by atoms with Crippen molar-refractivity contribution in [2.45, 2.75) is 0 Å². The Labute approximate surface area is 354 Å². The zero-order valence-electron chi connectivity index (χ0n) is 33.2. The predicted octanol–water partition coefficient (Wildman–Crippen LogP) is 14.6. The van der Waals surface area contributed by atoms with Crippen molar-refractivity contribution in [2.24, 2.45) is 0 Å². The summed E-state index contributed by atoms with van der Waals surface area (Å²) in [7, 11) is 0. The Morgan fingerprint density at radius 3 is 1.43 bits per heavy atom. The van der Waals surface area contributed by atoms with Gasteiger partial charge in [0.2, 0.25) is 0 Å². The first-order valence-electron chi connectivity index (χ1n) is 20.6. The molecule has 0 aliphatic rings. The molecule has 3 aromatic heterocycles. The highest BCUT2D eigenvalue weighted by Crippen LogP contribution is 2.44. The van der Waals surface area contributed by atoms with Crippen LogP contribution < -0.4 is 0 Å². The average Bonchev–Trinajstić information content (AvgIpc) is 3.76. The van der Waals surface area contributed by atoms with Gasteiger partial charge in [-0.3, -0.25) is 0 Å². The molecule has 11 aromatic rings. The quantitative estimate of drug-likeness (QED) is 0.154. The summed E-state index contributed by atoms with van der Waals surface area (Å²) in [4.78, 5) is 10.2. The van der Waals surface area contributed by atoms with E-state index in [2.05, 4.69) is 199 Å². The van der Waals surface area contributed by atoms with Crippen molar-refractivity contribution < 1.29 is 0 Å². The van der Waals surface area contributed by atoms with Gasteiger partial charge >= 0.3 is 0 Å². The van der Waals surface area contributed by atoms with Gasteiger partial charge in [0.25, 0.3) is 0 Å². The van der Waals surface area contributed by atoms with Gasteiger partial charge in [-0.1, -0.05) is 212 Å². The topological polar surface area (TPSA) is 43.1 Å². The predicted molar refractivity (Wildman–Crippen MR) is 252 cm³/mol. The minimum Gasteiger partial charge on any atom is -0.231 e. The maximum absolute atomic E-state index is 5.46. The number of fused-ring (bicyclic) bond motifs is 3. The lowest BCUT2D eigenvalue weighted by Gasteiger charge is -2.15. The van der Waals surface area contributed by atoms with Crippen LogP contribution >= 0.6 is 0 Å². The number of benzene rings is 8. The van der Waals surface area contributed by atoms with E-state index in [0.717, 1.165) is 100 Å². The van der Waals surface area contributed by atoms with Crippen LogP contribution in [0.15, 0.2) is 231 Å². The Balaban J connectivity index is 1.05. The zero-order valence-corrected chi connectivity index (χ0v) is 33.2. The summed E-state index contributed by atoms with van der Waals surface area (Å²) in [5.74, 6) is 0.693. The van der Waals surface area contributed by atoms with Gasteiger partial charge in [0.15, 0.2) is 5.82 Å². The molecule has 0 atom stereocenters. The van der Waals surface area contributed by atoms with Crippen molar-refractivity contribution in [3.8, 4) is 89.8 Å². The molecule has 0 amide bonds. The van der Waals surface area contributed by atoms with Crippen molar-refractivity contribution in [3.05, 3.63) is 231 Å². The van der Waals surface area contributed by atoms with Gasteiger partial charge < -0.3 is 0 Å². The van der Waals surface area contributed by atoms with E-state index in [0.29, 0.717) is 5.82 Å². The minimum atomic E-state index is 0.693. The summed E-state index contributed by atoms with van der Waals surface area (Å²) < 4.78 is 2.17. The summed E-state index contributed by atoms with van der Waals surface area (Å²) in [6, 6.07) is 81.0. The second-order valence-electron chi connectivity index (χ2n) is 15.2. The van der Waals surface area contributed by atoms with Gasteiger partial charge in [-0.05, 0) is 51.4 Å². The molecule has 0 spiro atoms. The van der Waals surface area contributed by atoms with Crippen molar-refractivity contribution in [2.75, 3.05) is 0 Å². The Hall–Kier alpha value is -8.21. The van der Waals surface area contributed by atoms with Gasteiger partial charge in [-0.2, -0.15) is 5.10 Å². The van der Waals surface area contributed by atoms with Crippen LogP contribution in [-0.2, 0) is 0 Å². The highest BCUT2D eigenvalue weighted by atomic mass is 15.2. The molecule has 0 saturated carbocycles. The maximum Gasteiger partial charge on any atom is 0.160 e. The molecule has 0 N–H and O–H groups in total. The molecule has 4 heteroatoms. The third-order valence-corrected chi connectivity index (χ3v) is 11.4. The number of rotatable bonds is 8. The smallest absolute Gasteiger partial charge is 0.160 e. The van der Waals surface area contributed by atoms with Gasteiger partial charge in [0.1, 0.15) is 5.69 Å². The standard InChI is InChI=1S/C57H38N4/c1-6-18-41(19-7-1)50-38-51(42-20-8-2-9-21-42)59-57(58-50)48-30-16-28-46(36-48)39-32-34-40(35-33-39)49-31-17-29-47-37-52(43-22-10-3-11-23-43)61-56(53(47)49)54(44-24-12-4-13-25-44)55(60-61)45-26-14-5-15-27-45/h1-38H. The van der Waals surface area contributed by atoms with Crippen LogP contribution in [0.5, 0.6) is 0 Å². The molecule has 61 heavy (non-hydrogen) atoms. The van der Waals surface area contributed by atoms with E-state index >= 15 is 0 Å². The van der Waals surface area contributed by atoms with Crippen molar-refractivity contribution in [3.63, 3.8) is 0 Å². The lowest BCUT2D eigenvalue weighted by Crippen LogP contribution is -1.97. The molecule has 4 nitrogen and oxygen atoms in total. The summed E-state index contributed by atoms with van der Waals surface area (Å²) in [6.45, 7) is 0. The van der Waals surface area contributed by atoms with E-state index in [4.69, 9.17) is 15.1 Å². The third-order valence-electron chi connectivity index (χ3n) is 11.4. The summed E-state index contributed by atoms with van der Waals surface area (Å²) >= 11 is 0. The van der Waals surface area contributed by atoms with E-state index in [1.165, 1.54) is 0 Å². The molecular formula is C57H38N4. The monoisotopic (exact) mass is 778 g/mol. The number of hydrogen-bond donors (Lipinski definition) is 0. The Morgan fingerprint density at radius 1 is 0.328 bits per heavy atom. The summed E-state index contributed by atoms with van der Waals surface area (Å²) in [5.41, 5.74) is 16.9. The van der Waals surface area contributed by atoms with Crippen LogP contribution in [0.4, 0.5) is 0 Å². The molecule has 286 valence electrons. The molecule has 0 aliphatic heterocycles. The largest absolute Gasteiger partial charge is 0.231 e. The summed E-state index contributed by atoms with van der Waals surface area (Å²) in [6.07, 6.45) is 0. The highest BCUT2D eigenvalue weighted by molar-refractivity contribution is 6.14. The van der Waals surface area contributed by atoms with Gasteiger partial charge in [-0.25, -0.2) is 14.5 Å². The van der Waals surface area contributed by atoms with Crippen LogP contribution in [0.2, 0.25) is 0 Å². The van der Waals surface area contributed by atoms with Gasteiger partial charge in [0.05, 0.1) is 22.6 Å². The third kappa shape index (κ3) is 6.76. The molecule has 0 fully saturated rings. The minimum absolute atomic E-state index is 0.693. The molecule has 11 rings (SSSR count). The molecule has 0 radical (unpaired) electrons. The number of aromatic nitrogens is 4. The first-order chi connectivity index (χ1) is 30.2. The SMILES string of the molecule is c1ccc(-c2cc(-c3ccccc3)nc(-c3cccc(-c4ccc(-c5cccc6cc(-c7ccccc7)n7nc(-c8ccccc8)c(-c8ccccc8)c7c56)cc4)c3)n2)cc1. The molecule has 0 unspecified atom stereocenters. The average molecular weight is 779 g/mol. The van der Waals surface area contributed by atoms with Crippen LogP contribution in [0.1, 0.15) is 0 Å². The Morgan fingerprint density at radius 2 is 0.820 bits per heavy atom. The van der Waals surface area contributed by atoms with E-state index in [1.807, 2.05) is 36.4 Å². The van der Waals surface area contributed by atoms with Gasteiger partial charge in [-0.15, -0.1) is 0 Å². The Bertz CT molecular complexity index is 3250. The fourth-order valence-corrected chi connectivity index (χ4v) is 8.49. The number of hydrogen-bond acceptors (Lipinski definition) is 3. The second-order valence-corrected chi connectivity index (χ2v) is 15.2. The molecule has 3 heterocycles. The fraction of sp³-hybridized carbons (Fsp3) is 0. The van der Waals surface area contributed by atoms with Crippen molar-refractivity contribution >= 4 is 16.3 Å². The van der Waals surface area contributed by atoms with Crippen molar-refractivity contribution in [1.29, 1.82) is 0 Å². The molecule has 0 aliphatic carbocycles. The first kappa shape index (κ1) is 35.9. The second kappa shape index (κ2) is 15.5. The van der Waals surface area contributed by atoms with Crippen LogP contribution in [0, 0.1) is 0 Å². The van der Waals surface area contributed by atoms with Crippen LogP contribution in [-0.4, -0.2) is 19.6 Å². The highest BCUT2D eigenvalue weighted by Gasteiger charge is 2.23. The fourth-order valence-electron chi connectivity index (χ4n) is 8.49. The lowest BCUT2D eigenvalue weighted by molar-refractivity contribution is 0.980. The Kier molecular flexibility index (Phi) is 9.14. The zero-order chi connectivity index (χ0) is 40.5. The van der Waals surface area contributed by atoms with E-state index in [9.17, 15) is 0 Å². The van der Waals surface area contributed by atoms with E-state index < -0.39 is 0 Å². The number of pyridine rings is 1. The van der Waals surface area contributed by atoms with E-state index in [-0.39, 0.29) is 0 Å². The maximum atomic E-state index is 5.46. The molecule has 0 bridgehead atoms.